The van der Waals surface area contributed by atoms with Crippen LogP contribution >= 0.6 is 0 Å². The van der Waals surface area contributed by atoms with Gasteiger partial charge in [-0.3, -0.25) is 4.79 Å². The Hall–Kier alpha value is -1.55. The van der Waals surface area contributed by atoms with Gasteiger partial charge in [-0.05, 0) is 19.9 Å². The maximum Gasteiger partial charge on any atom is 0.242 e. The molecule has 2 atom stereocenters. The third kappa shape index (κ3) is 2.42. The van der Waals surface area contributed by atoms with Crippen molar-refractivity contribution in [3.63, 3.8) is 0 Å². The highest BCUT2D eigenvalue weighted by Crippen LogP contribution is 2.27. The van der Waals surface area contributed by atoms with Crippen molar-refractivity contribution >= 4 is 5.91 Å². The maximum atomic E-state index is 12.0. The van der Waals surface area contributed by atoms with Gasteiger partial charge < -0.3 is 15.4 Å². The first kappa shape index (κ1) is 11.9. The fraction of sp³-hybridized carbons (Fsp3) is 0.462. The van der Waals surface area contributed by atoms with Gasteiger partial charge >= 0.3 is 0 Å². The summed E-state index contributed by atoms with van der Waals surface area (Å²) in [6, 6.07) is 5.73. The molecule has 17 heavy (non-hydrogen) atoms. The van der Waals surface area contributed by atoms with Gasteiger partial charge in [-0.15, -0.1) is 0 Å². The van der Waals surface area contributed by atoms with Crippen molar-refractivity contribution in [2.45, 2.75) is 25.9 Å². The minimum Gasteiger partial charge on any atom is -0.496 e. The van der Waals surface area contributed by atoms with Gasteiger partial charge in [-0.1, -0.05) is 17.7 Å². The molecule has 0 bridgehead atoms. The van der Waals surface area contributed by atoms with Gasteiger partial charge in [0.2, 0.25) is 5.91 Å². The first-order chi connectivity index (χ1) is 8.11. The lowest BCUT2D eigenvalue weighted by Crippen LogP contribution is -2.52. The quantitative estimate of drug-likeness (QED) is 0.807. The standard InChI is InChI=1S/C13H18N2O2/c1-8-4-5-11(17-3)10(6-8)12-13(16)15-9(2)7-14-12/h4-6,9,12,14H,7H2,1-3H3,(H,15,16). The number of carbonyl (C=O) groups is 1. The predicted molar refractivity (Wildman–Crippen MR) is 66.1 cm³/mol. The summed E-state index contributed by atoms with van der Waals surface area (Å²) in [5.41, 5.74) is 2.02. The maximum absolute atomic E-state index is 12.0. The van der Waals surface area contributed by atoms with Crippen LogP contribution in [0.5, 0.6) is 5.75 Å². The summed E-state index contributed by atoms with van der Waals surface area (Å²) in [7, 11) is 1.62. The number of carbonyl (C=O) groups excluding carboxylic acids is 1. The normalized spacial score (nSPS) is 24.3. The summed E-state index contributed by atoms with van der Waals surface area (Å²) < 4.78 is 5.31. The Balaban J connectivity index is 2.32. The molecule has 2 rings (SSSR count). The molecule has 1 aliphatic heterocycles. The summed E-state index contributed by atoms with van der Waals surface area (Å²) >= 11 is 0. The Morgan fingerprint density at radius 3 is 2.82 bits per heavy atom. The number of hydrogen-bond donors (Lipinski definition) is 2. The van der Waals surface area contributed by atoms with Gasteiger partial charge in [-0.2, -0.15) is 0 Å². The number of rotatable bonds is 2. The van der Waals surface area contributed by atoms with Crippen LogP contribution < -0.4 is 15.4 Å². The van der Waals surface area contributed by atoms with Crippen molar-refractivity contribution in [1.82, 2.24) is 10.6 Å². The summed E-state index contributed by atoms with van der Waals surface area (Å²) in [6.07, 6.45) is 0. The van der Waals surface area contributed by atoms with E-state index >= 15 is 0 Å². The predicted octanol–water partition coefficient (Wildman–Crippen LogP) is 1.15. The number of methoxy groups -OCH3 is 1. The van der Waals surface area contributed by atoms with Gasteiger partial charge in [0.1, 0.15) is 11.8 Å². The summed E-state index contributed by atoms with van der Waals surface area (Å²) in [4.78, 5) is 12.0. The molecular weight excluding hydrogens is 216 g/mol. The van der Waals surface area contributed by atoms with Crippen LogP contribution in [-0.2, 0) is 4.79 Å². The van der Waals surface area contributed by atoms with Crippen LogP contribution in [0.3, 0.4) is 0 Å². The van der Waals surface area contributed by atoms with Gasteiger partial charge in [0.15, 0.2) is 0 Å². The highest BCUT2D eigenvalue weighted by molar-refractivity contribution is 5.85. The van der Waals surface area contributed by atoms with Crippen molar-refractivity contribution in [2.24, 2.45) is 0 Å². The molecule has 0 aromatic heterocycles. The molecule has 1 aromatic rings. The lowest BCUT2D eigenvalue weighted by Gasteiger charge is -2.29. The van der Waals surface area contributed by atoms with Crippen LogP contribution in [-0.4, -0.2) is 25.6 Å². The van der Waals surface area contributed by atoms with Crippen LogP contribution in [0.4, 0.5) is 0 Å². The number of hydrogen-bond acceptors (Lipinski definition) is 3. The van der Waals surface area contributed by atoms with E-state index in [1.807, 2.05) is 32.0 Å². The van der Waals surface area contributed by atoms with Gasteiger partial charge in [-0.25, -0.2) is 0 Å². The second kappa shape index (κ2) is 4.75. The molecule has 1 aliphatic rings. The molecule has 2 N–H and O–H groups in total. The van der Waals surface area contributed by atoms with E-state index in [1.54, 1.807) is 7.11 Å². The SMILES string of the molecule is COc1ccc(C)cc1C1NCC(C)NC1=O. The number of piperazine rings is 1. The fourth-order valence-electron chi connectivity index (χ4n) is 2.10. The molecule has 1 heterocycles. The van der Waals surface area contributed by atoms with E-state index in [4.69, 9.17) is 4.74 Å². The second-order valence-corrected chi connectivity index (χ2v) is 4.50. The molecule has 92 valence electrons. The second-order valence-electron chi connectivity index (χ2n) is 4.50. The van der Waals surface area contributed by atoms with E-state index in [2.05, 4.69) is 10.6 Å². The van der Waals surface area contributed by atoms with Crippen LogP contribution in [0.25, 0.3) is 0 Å². The molecule has 1 saturated heterocycles. The minimum absolute atomic E-state index is 0.00708. The molecule has 4 nitrogen and oxygen atoms in total. The molecule has 0 spiro atoms. The number of ether oxygens (including phenoxy) is 1. The van der Waals surface area contributed by atoms with Gasteiger partial charge in [0.05, 0.1) is 7.11 Å². The molecule has 4 heteroatoms. The van der Waals surface area contributed by atoms with Crippen LogP contribution in [0.1, 0.15) is 24.1 Å². The Morgan fingerprint density at radius 2 is 2.18 bits per heavy atom. The van der Waals surface area contributed by atoms with E-state index in [1.165, 1.54) is 0 Å². The van der Waals surface area contributed by atoms with Gasteiger partial charge in [0, 0.05) is 18.2 Å². The fourth-order valence-corrected chi connectivity index (χ4v) is 2.10. The van der Waals surface area contributed by atoms with E-state index < -0.39 is 0 Å². The Kier molecular flexibility index (Phi) is 3.33. The number of benzene rings is 1. The average Bonchev–Trinajstić information content (AvgIpc) is 2.29. The van der Waals surface area contributed by atoms with Crippen LogP contribution in [0.2, 0.25) is 0 Å². The van der Waals surface area contributed by atoms with Crippen molar-refractivity contribution in [2.75, 3.05) is 13.7 Å². The minimum atomic E-state index is -0.318. The molecule has 0 saturated carbocycles. The lowest BCUT2D eigenvalue weighted by atomic mass is 10.00. The molecule has 1 amide bonds. The average molecular weight is 234 g/mol. The Labute approximate surface area is 101 Å². The first-order valence-electron chi connectivity index (χ1n) is 5.80. The van der Waals surface area contributed by atoms with E-state index in [9.17, 15) is 4.79 Å². The first-order valence-corrected chi connectivity index (χ1v) is 5.80. The zero-order valence-electron chi connectivity index (χ0n) is 10.4. The molecule has 1 fully saturated rings. The van der Waals surface area contributed by atoms with Crippen molar-refractivity contribution in [1.29, 1.82) is 0 Å². The number of amides is 1. The smallest absolute Gasteiger partial charge is 0.242 e. The van der Waals surface area contributed by atoms with Gasteiger partial charge in [0.25, 0.3) is 0 Å². The number of nitrogens with one attached hydrogen (secondary N) is 2. The summed E-state index contributed by atoms with van der Waals surface area (Å²) in [6.45, 7) is 4.76. The highest BCUT2D eigenvalue weighted by atomic mass is 16.5. The zero-order chi connectivity index (χ0) is 12.4. The molecular formula is C13H18N2O2. The molecule has 2 unspecified atom stereocenters. The lowest BCUT2D eigenvalue weighted by molar-refractivity contribution is -0.125. The Bertz CT molecular complexity index is 431. The van der Waals surface area contributed by atoms with E-state index in [-0.39, 0.29) is 18.0 Å². The zero-order valence-corrected chi connectivity index (χ0v) is 10.4. The topological polar surface area (TPSA) is 50.4 Å². The third-order valence-corrected chi connectivity index (χ3v) is 2.98. The molecule has 0 radical (unpaired) electrons. The van der Waals surface area contributed by atoms with Crippen LogP contribution in [0, 0.1) is 6.92 Å². The number of aryl methyl sites for hydroxylation is 1. The third-order valence-electron chi connectivity index (χ3n) is 2.98. The van der Waals surface area contributed by atoms with Crippen molar-refractivity contribution in [3.8, 4) is 5.75 Å². The summed E-state index contributed by atoms with van der Waals surface area (Å²) in [5.74, 6) is 0.755. The van der Waals surface area contributed by atoms with Crippen LogP contribution in [0.15, 0.2) is 18.2 Å². The Morgan fingerprint density at radius 1 is 1.41 bits per heavy atom. The molecule has 0 aliphatic carbocycles. The van der Waals surface area contributed by atoms with E-state index in [0.29, 0.717) is 0 Å². The highest BCUT2D eigenvalue weighted by Gasteiger charge is 2.28. The van der Waals surface area contributed by atoms with E-state index in [0.717, 1.165) is 23.4 Å². The molecule has 1 aromatic carbocycles. The largest absolute Gasteiger partial charge is 0.496 e. The summed E-state index contributed by atoms with van der Waals surface area (Å²) in [5, 5.41) is 6.19. The monoisotopic (exact) mass is 234 g/mol. The van der Waals surface area contributed by atoms with Crippen molar-refractivity contribution in [3.05, 3.63) is 29.3 Å². The van der Waals surface area contributed by atoms with Crippen molar-refractivity contribution < 1.29 is 9.53 Å².